The van der Waals surface area contributed by atoms with Crippen molar-refractivity contribution in [1.29, 1.82) is 0 Å². The summed E-state index contributed by atoms with van der Waals surface area (Å²) in [5.41, 5.74) is 2.16. The molecule has 6 heteroatoms. The van der Waals surface area contributed by atoms with Gasteiger partial charge in [-0.05, 0) is 48.6 Å². The fourth-order valence-electron chi connectivity index (χ4n) is 3.13. The van der Waals surface area contributed by atoms with Crippen molar-refractivity contribution in [3.05, 3.63) is 124 Å². The SMILES string of the molecule is O=C(/C=C/c1ccc(-c2ccc(Cl)c(C(=O)OCc3ccccc3Cl)c2)o1)c1ccccc1. The second kappa shape index (κ2) is 10.3. The predicted octanol–water partition coefficient (Wildman–Crippen LogP) is 7.51. The first-order chi connectivity index (χ1) is 16.0. The molecule has 0 aliphatic rings. The largest absolute Gasteiger partial charge is 0.457 e. The van der Waals surface area contributed by atoms with Crippen molar-refractivity contribution in [2.75, 3.05) is 0 Å². The molecule has 0 radical (unpaired) electrons. The minimum absolute atomic E-state index is 0.0319. The van der Waals surface area contributed by atoms with Crippen molar-refractivity contribution >= 4 is 41.0 Å². The van der Waals surface area contributed by atoms with Crippen molar-refractivity contribution in [3.63, 3.8) is 0 Å². The van der Waals surface area contributed by atoms with E-state index in [9.17, 15) is 9.59 Å². The molecule has 3 aromatic carbocycles. The molecule has 0 spiro atoms. The van der Waals surface area contributed by atoms with Crippen molar-refractivity contribution in [2.45, 2.75) is 6.61 Å². The van der Waals surface area contributed by atoms with Gasteiger partial charge >= 0.3 is 5.97 Å². The highest BCUT2D eigenvalue weighted by Crippen LogP contribution is 2.28. The number of rotatable bonds is 7. The molecule has 0 aliphatic heterocycles. The number of esters is 1. The lowest BCUT2D eigenvalue weighted by atomic mass is 10.1. The summed E-state index contributed by atoms with van der Waals surface area (Å²) in [5, 5.41) is 0.787. The Labute approximate surface area is 201 Å². The molecule has 0 unspecified atom stereocenters. The number of furan rings is 1. The van der Waals surface area contributed by atoms with Crippen molar-refractivity contribution in [2.24, 2.45) is 0 Å². The number of ether oxygens (including phenoxy) is 1. The van der Waals surface area contributed by atoms with Crippen molar-refractivity contribution in [1.82, 2.24) is 0 Å². The van der Waals surface area contributed by atoms with Crippen LogP contribution in [0.5, 0.6) is 0 Å². The van der Waals surface area contributed by atoms with Crippen LogP contribution in [0.2, 0.25) is 10.0 Å². The third-order valence-corrected chi connectivity index (χ3v) is 5.57. The molecular weight excluding hydrogens is 459 g/mol. The van der Waals surface area contributed by atoms with E-state index in [0.29, 0.717) is 33.2 Å². The quantitative estimate of drug-likeness (QED) is 0.157. The Morgan fingerprint density at radius 1 is 0.848 bits per heavy atom. The van der Waals surface area contributed by atoms with Gasteiger partial charge in [-0.3, -0.25) is 4.79 Å². The van der Waals surface area contributed by atoms with E-state index < -0.39 is 5.97 Å². The summed E-state index contributed by atoms with van der Waals surface area (Å²) in [5.74, 6) is 0.344. The number of hydrogen-bond acceptors (Lipinski definition) is 4. The molecule has 0 saturated heterocycles. The lowest BCUT2D eigenvalue weighted by Gasteiger charge is -2.09. The summed E-state index contributed by atoms with van der Waals surface area (Å²) < 4.78 is 11.2. The van der Waals surface area contributed by atoms with E-state index in [1.54, 1.807) is 66.7 Å². The van der Waals surface area contributed by atoms with Gasteiger partial charge in [0.25, 0.3) is 0 Å². The lowest BCUT2D eigenvalue weighted by molar-refractivity contribution is 0.0473. The Kier molecular flexibility index (Phi) is 7.08. The maximum Gasteiger partial charge on any atom is 0.340 e. The first kappa shape index (κ1) is 22.6. The molecule has 0 N–H and O–H groups in total. The number of ketones is 1. The monoisotopic (exact) mass is 476 g/mol. The summed E-state index contributed by atoms with van der Waals surface area (Å²) in [6.45, 7) is 0.0319. The van der Waals surface area contributed by atoms with Crippen LogP contribution in [-0.2, 0) is 11.3 Å². The highest BCUT2D eigenvalue weighted by molar-refractivity contribution is 6.33. The van der Waals surface area contributed by atoms with Gasteiger partial charge in [-0.25, -0.2) is 4.79 Å². The van der Waals surface area contributed by atoms with Crippen LogP contribution in [0.1, 0.15) is 32.0 Å². The Bertz CT molecular complexity index is 1320. The smallest absolute Gasteiger partial charge is 0.340 e. The molecule has 0 fully saturated rings. The number of carbonyl (C=O) groups is 2. The van der Waals surface area contributed by atoms with Gasteiger partial charge in [0.05, 0.1) is 10.6 Å². The molecule has 1 aromatic heterocycles. The topological polar surface area (TPSA) is 56.5 Å². The zero-order valence-electron chi connectivity index (χ0n) is 17.3. The van der Waals surface area contributed by atoms with E-state index in [4.69, 9.17) is 32.4 Å². The zero-order valence-corrected chi connectivity index (χ0v) is 18.8. The molecular formula is C27H18Cl2O4. The summed E-state index contributed by atoms with van der Waals surface area (Å²) in [4.78, 5) is 24.9. The molecule has 0 amide bonds. The number of allylic oxidation sites excluding steroid dienone is 1. The molecule has 0 saturated carbocycles. The Morgan fingerprint density at radius 2 is 1.61 bits per heavy atom. The van der Waals surface area contributed by atoms with E-state index in [1.165, 1.54) is 6.08 Å². The van der Waals surface area contributed by atoms with Crippen LogP contribution in [0, 0.1) is 0 Å². The minimum Gasteiger partial charge on any atom is -0.457 e. The maximum absolute atomic E-state index is 12.6. The van der Waals surface area contributed by atoms with E-state index in [2.05, 4.69) is 0 Å². The third kappa shape index (κ3) is 5.61. The van der Waals surface area contributed by atoms with Crippen LogP contribution < -0.4 is 0 Å². The molecule has 0 atom stereocenters. The molecule has 4 aromatic rings. The van der Waals surface area contributed by atoms with Gasteiger partial charge in [0, 0.05) is 21.7 Å². The Morgan fingerprint density at radius 3 is 2.39 bits per heavy atom. The summed E-state index contributed by atoms with van der Waals surface area (Å²) in [6, 6.07) is 24.6. The van der Waals surface area contributed by atoms with E-state index in [1.807, 2.05) is 24.3 Å². The second-order valence-electron chi connectivity index (χ2n) is 7.13. The van der Waals surface area contributed by atoms with E-state index in [0.717, 1.165) is 0 Å². The van der Waals surface area contributed by atoms with Gasteiger partial charge in [-0.1, -0.05) is 71.7 Å². The van der Waals surface area contributed by atoms with E-state index >= 15 is 0 Å². The maximum atomic E-state index is 12.6. The van der Waals surface area contributed by atoms with Gasteiger partial charge in [0.15, 0.2) is 5.78 Å². The van der Waals surface area contributed by atoms with Crippen molar-refractivity contribution in [3.8, 4) is 11.3 Å². The van der Waals surface area contributed by atoms with Crippen LogP contribution in [0.4, 0.5) is 0 Å². The molecule has 4 rings (SSSR count). The third-order valence-electron chi connectivity index (χ3n) is 4.87. The highest BCUT2D eigenvalue weighted by Gasteiger charge is 2.15. The zero-order chi connectivity index (χ0) is 23.2. The molecule has 164 valence electrons. The van der Waals surface area contributed by atoms with Crippen LogP contribution in [0.3, 0.4) is 0 Å². The first-order valence-electron chi connectivity index (χ1n) is 10.1. The number of halogens is 2. The van der Waals surface area contributed by atoms with Crippen LogP contribution in [-0.4, -0.2) is 11.8 Å². The molecule has 0 aliphatic carbocycles. The molecule has 0 bridgehead atoms. The van der Waals surface area contributed by atoms with Gasteiger partial charge in [0.1, 0.15) is 18.1 Å². The molecule has 4 nitrogen and oxygen atoms in total. The fraction of sp³-hybridized carbons (Fsp3) is 0.0370. The average Bonchev–Trinajstić information content (AvgIpc) is 3.32. The number of carbonyl (C=O) groups excluding carboxylic acids is 2. The summed E-state index contributed by atoms with van der Waals surface area (Å²) in [7, 11) is 0. The number of benzene rings is 3. The fourth-order valence-corrected chi connectivity index (χ4v) is 3.51. The Balaban J connectivity index is 1.48. The average molecular weight is 477 g/mol. The lowest BCUT2D eigenvalue weighted by Crippen LogP contribution is -2.06. The van der Waals surface area contributed by atoms with Crippen molar-refractivity contribution < 1.29 is 18.7 Å². The van der Waals surface area contributed by atoms with Gasteiger partial charge in [-0.2, -0.15) is 0 Å². The molecule has 1 heterocycles. The Hall–Kier alpha value is -3.60. The van der Waals surface area contributed by atoms with Crippen LogP contribution >= 0.6 is 23.2 Å². The first-order valence-corrected chi connectivity index (χ1v) is 10.8. The predicted molar refractivity (Wildman–Crippen MR) is 130 cm³/mol. The minimum atomic E-state index is -0.568. The summed E-state index contributed by atoms with van der Waals surface area (Å²) >= 11 is 12.3. The van der Waals surface area contributed by atoms with E-state index in [-0.39, 0.29) is 23.0 Å². The summed E-state index contributed by atoms with van der Waals surface area (Å²) in [6.07, 6.45) is 3.06. The second-order valence-corrected chi connectivity index (χ2v) is 7.94. The standard InChI is InChI=1S/C27H18Cl2O4/c28-23-9-5-4-8-20(23)17-32-27(31)22-16-19(10-13-24(22)29)26-15-12-21(33-26)11-14-25(30)18-6-2-1-3-7-18/h1-16H,17H2/b14-11+. The van der Waals surface area contributed by atoms with Gasteiger partial charge in [-0.15, -0.1) is 0 Å². The molecule has 33 heavy (non-hydrogen) atoms. The van der Waals surface area contributed by atoms with Crippen LogP contribution in [0.15, 0.2) is 95.4 Å². The highest BCUT2D eigenvalue weighted by atomic mass is 35.5. The van der Waals surface area contributed by atoms with Gasteiger partial charge < -0.3 is 9.15 Å². The van der Waals surface area contributed by atoms with Gasteiger partial charge in [0.2, 0.25) is 0 Å². The van der Waals surface area contributed by atoms with Crippen LogP contribution in [0.25, 0.3) is 17.4 Å². The normalized spacial score (nSPS) is 11.0. The number of hydrogen-bond donors (Lipinski definition) is 0.